The van der Waals surface area contributed by atoms with Gasteiger partial charge < -0.3 is 15.0 Å². The van der Waals surface area contributed by atoms with Gasteiger partial charge in [-0.2, -0.15) is 4.98 Å². The van der Waals surface area contributed by atoms with Gasteiger partial charge in [-0.3, -0.25) is 0 Å². The van der Waals surface area contributed by atoms with E-state index in [4.69, 9.17) is 26.6 Å². The van der Waals surface area contributed by atoms with E-state index in [1.165, 1.54) is 13.4 Å². The van der Waals surface area contributed by atoms with Gasteiger partial charge in [0.2, 0.25) is 5.82 Å². The van der Waals surface area contributed by atoms with E-state index in [0.717, 1.165) is 0 Å². The number of rotatable bonds is 3. The minimum atomic E-state index is 0.266. The molecule has 21 heavy (non-hydrogen) atoms. The number of methoxy groups -OCH3 is 1. The maximum Gasteiger partial charge on any atom is 0.262 e. The number of anilines is 1. The Labute approximate surface area is 124 Å². The van der Waals surface area contributed by atoms with Crippen molar-refractivity contribution in [3.05, 3.63) is 35.7 Å². The van der Waals surface area contributed by atoms with Gasteiger partial charge in [0.15, 0.2) is 0 Å². The number of aromatic nitrogens is 4. The third-order valence-corrected chi connectivity index (χ3v) is 3.11. The lowest BCUT2D eigenvalue weighted by Gasteiger charge is -2.07. The number of nitrogens with two attached hydrogens (primary N) is 1. The predicted octanol–water partition coefficient (Wildman–Crippen LogP) is 2.44. The number of nitrogen functional groups attached to an aromatic ring is 1. The number of benzene rings is 1. The standard InChI is InChI=1S/C13H10ClN5O2/c1-20-11-5-9(15)8(14)4-7(11)13-18-12(19-21-13)10-2-3-16-6-17-10/h2-6H,15H2,1H3. The molecule has 2 aromatic heterocycles. The number of hydrogen-bond donors (Lipinski definition) is 1. The minimum Gasteiger partial charge on any atom is -0.496 e. The largest absolute Gasteiger partial charge is 0.496 e. The molecular weight excluding hydrogens is 294 g/mol. The van der Waals surface area contributed by atoms with E-state index >= 15 is 0 Å². The van der Waals surface area contributed by atoms with Crippen LogP contribution in [0.4, 0.5) is 5.69 Å². The Bertz CT molecular complexity index is 775. The second-order valence-corrected chi connectivity index (χ2v) is 4.50. The molecule has 106 valence electrons. The van der Waals surface area contributed by atoms with Crippen molar-refractivity contribution in [3.63, 3.8) is 0 Å². The average molecular weight is 304 g/mol. The van der Waals surface area contributed by atoms with Crippen molar-refractivity contribution < 1.29 is 9.26 Å². The summed E-state index contributed by atoms with van der Waals surface area (Å²) in [6.07, 6.45) is 3.01. The average Bonchev–Trinajstić information content (AvgIpc) is 3.00. The van der Waals surface area contributed by atoms with Crippen LogP contribution in [0.15, 0.2) is 35.2 Å². The molecule has 2 N–H and O–H groups in total. The van der Waals surface area contributed by atoms with E-state index in [0.29, 0.717) is 33.5 Å². The molecule has 0 fully saturated rings. The van der Waals surface area contributed by atoms with Gasteiger partial charge in [0.1, 0.15) is 17.8 Å². The summed E-state index contributed by atoms with van der Waals surface area (Å²) in [6, 6.07) is 4.90. The molecule has 0 radical (unpaired) electrons. The second-order valence-electron chi connectivity index (χ2n) is 4.09. The van der Waals surface area contributed by atoms with Crippen LogP contribution in [0, 0.1) is 0 Å². The summed E-state index contributed by atoms with van der Waals surface area (Å²) in [5.74, 6) is 1.11. The molecule has 0 saturated carbocycles. The molecule has 0 aliphatic heterocycles. The van der Waals surface area contributed by atoms with Crippen LogP contribution in [-0.2, 0) is 0 Å². The highest BCUT2D eigenvalue weighted by atomic mass is 35.5. The smallest absolute Gasteiger partial charge is 0.262 e. The first kappa shape index (κ1) is 13.3. The van der Waals surface area contributed by atoms with Crippen LogP contribution >= 0.6 is 11.6 Å². The minimum absolute atomic E-state index is 0.266. The molecule has 0 amide bonds. The SMILES string of the molecule is COc1cc(N)c(Cl)cc1-c1nc(-c2ccncn2)no1. The van der Waals surface area contributed by atoms with Crippen LogP contribution in [0.5, 0.6) is 5.75 Å². The van der Waals surface area contributed by atoms with E-state index in [9.17, 15) is 0 Å². The van der Waals surface area contributed by atoms with Crippen LogP contribution in [0.3, 0.4) is 0 Å². The second kappa shape index (κ2) is 5.37. The first-order chi connectivity index (χ1) is 10.2. The van der Waals surface area contributed by atoms with Gasteiger partial charge in [0, 0.05) is 12.3 Å². The zero-order chi connectivity index (χ0) is 14.8. The molecule has 0 aliphatic rings. The quantitative estimate of drug-likeness (QED) is 0.742. The van der Waals surface area contributed by atoms with Crippen LogP contribution in [0.2, 0.25) is 5.02 Å². The summed E-state index contributed by atoms with van der Waals surface area (Å²) in [6.45, 7) is 0. The molecule has 0 spiro atoms. The zero-order valence-electron chi connectivity index (χ0n) is 10.9. The van der Waals surface area contributed by atoms with Gasteiger partial charge in [0.25, 0.3) is 5.89 Å². The number of nitrogens with zero attached hydrogens (tertiary/aromatic N) is 4. The first-order valence-corrected chi connectivity index (χ1v) is 6.30. The summed E-state index contributed by atoms with van der Waals surface area (Å²) in [5.41, 5.74) is 7.27. The molecule has 0 unspecified atom stereocenters. The van der Waals surface area contributed by atoms with Crippen molar-refractivity contribution in [1.82, 2.24) is 20.1 Å². The number of halogens is 1. The Kier molecular flexibility index (Phi) is 3.41. The van der Waals surface area contributed by atoms with E-state index in [1.807, 2.05) is 0 Å². The van der Waals surface area contributed by atoms with Gasteiger partial charge in [-0.1, -0.05) is 16.8 Å². The Morgan fingerprint density at radius 3 is 2.90 bits per heavy atom. The first-order valence-electron chi connectivity index (χ1n) is 5.92. The predicted molar refractivity (Wildman–Crippen MR) is 76.7 cm³/mol. The van der Waals surface area contributed by atoms with E-state index < -0.39 is 0 Å². The third-order valence-electron chi connectivity index (χ3n) is 2.79. The Morgan fingerprint density at radius 2 is 2.19 bits per heavy atom. The zero-order valence-corrected chi connectivity index (χ0v) is 11.7. The lowest BCUT2D eigenvalue weighted by Crippen LogP contribution is -1.93. The van der Waals surface area contributed by atoms with Crippen molar-refractivity contribution in [1.29, 1.82) is 0 Å². The third kappa shape index (κ3) is 2.50. The van der Waals surface area contributed by atoms with Crippen LogP contribution in [0.1, 0.15) is 0 Å². The Morgan fingerprint density at radius 1 is 1.33 bits per heavy atom. The van der Waals surface area contributed by atoms with Crippen LogP contribution < -0.4 is 10.5 Å². The maximum absolute atomic E-state index is 6.03. The van der Waals surface area contributed by atoms with Gasteiger partial charge in [0.05, 0.1) is 23.4 Å². The van der Waals surface area contributed by atoms with Gasteiger partial charge in [-0.25, -0.2) is 9.97 Å². The summed E-state index contributed by atoms with van der Waals surface area (Å²) < 4.78 is 10.5. The van der Waals surface area contributed by atoms with Gasteiger partial charge in [-0.15, -0.1) is 0 Å². The van der Waals surface area contributed by atoms with Crippen molar-refractivity contribution >= 4 is 17.3 Å². The molecule has 0 saturated heterocycles. The summed E-state index contributed by atoms with van der Waals surface area (Å²) in [5, 5.41) is 4.27. The van der Waals surface area contributed by atoms with E-state index in [1.54, 1.807) is 24.4 Å². The normalized spacial score (nSPS) is 10.6. The Balaban J connectivity index is 2.06. The topological polar surface area (TPSA) is 100.0 Å². The fourth-order valence-electron chi connectivity index (χ4n) is 1.77. The number of ether oxygens (including phenoxy) is 1. The van der Waals surface area contributed by atoms with Crippen molar-refractivity contribution in [2.45, 2.75) is 0 Å². The van der Waals surface area contributed by atoms with Crippen molar-refractivity contribution in [2.24, 2.45) is 0 Å². The molecule has 3 aromatic rings. The van der Waals surface area contributed by atoms with Crippen molar-refractivity contribution in [2.75, 3.05) is 12.8 Å². The van der Waals surface area contributed by atoms with E-state index in [-0.39, 0.29) is 5.89 Å². The molecule has 7 nitrogen and oxygen atoms in total. The monoisotopic (exact) mass is 303 g/mol. The highest BCUT2D eigenvalue weighted by Gasteiger charge is 2.17. The van der Waals surface area contributed by atoms with Crippen LogP contribution in [0.25, 0.3) is 23.0 Å². The molecule has 0 atom stereocenters. The Hall–Kier alpha value is -2.67. The van der Waals surface area contributed by atoms with Gasteiger partial charge in [-0.05, 0) is 12.1 Å². The highest BCUT2D eigenvalue weighted by Crippen LogP contribution is 2.35. The highest BCUT2D eigenvalue weighted by molar-refractivity contribution is 6.33. The molecule has 3 rings (SSSR count). The lowest BCUT2D eigenvalue weighted by molar-refractivity contribution is 0.405. The lowest BCUT2D eigenvalue weighted by atomic mass is 10.2. The maximum atomic E-state index is 6.03. The summed E-state index contributed by atoms with van der Waals surface area (Å²) in [7, 11) is 1.52. The van der Waals surface area contributed by atoms with E-state index in [2.05, 4.69) is 20.1 Å². The molecule has 1 aromatic carbocycles. The van der Waals surface area contributed by atoms with Gasteiger partial charge >= 0.3 is 0 Å². The summed E-state index contributed by atoms with van der Waals surface area (Å²) >= 11 is 6.03. The molecule has 0 aliphatic carbocycles. The molecular formula is C13H10ClN5O2. The summed E-state index contributed by atoms with van der Waals surface area (Å²) in [4.78, 5) is 12.2. The molecule has 2 heterocycles. The fraction of sp³-hybridized carbons (Fsp3) is 0.0769. The number of hydrogen-bond acceptors (Lipinski definition) is 7. The fourth-order valence-corrected chi connectivity index (χ4v) is 1.93. The molecule has 8 heteroatoms. The molecule has 0 bridgehead atoms. The van der Waals surface area contributed by atoms with Crippen molar-refractivity contribution in [3.8, 4) is 28.7 Å². The van der Waals surface area contributed by atoms with Crippen LogP contribution in [-0.4, -0.2) is 27.2 Å².